The highest BCUT2D eigenvalue weighted by Gasteiger charge is 2.36. The van der Waals surface area contributed by atoms with E-state index >= 15 is 0 Å². The van der Waals surface area contributed by atoms with Gasteiger partial charge >= 0.3 is 0 Å². The molecule has 0 amide bonds. The van der Waals surface area contributed by atoms with Crippen molar-refractivity contribution in [2.24, 2.45) is 0 Å². The number of hydrogen-bond donors (Lipinski definition) is 0. The summed E-state index contributed by atoms with van der Waals surface area (Å²) < 4.78 is 0. The lowest BCUT2D eigenvalue weighted by Crippen LogP contribution is -2.10. The van der Waals surface area contributed by atoms with Gasteiger partial charge in [-0.25, -0.2) is 0 Å². The van der Waals surface area contributed by atoms with Gasteiger partial charge in [-0.2, -0.15) is 0 Å². The molecule has 148 valence electrons. The summed E-state index contributed by atoms with van der Waals surface area (Å²) in [6, 6.07) is 16.1. The average Bonchev–Trinajstić information content (AvgIpc) is 3.37. The summed E-state index contributed by atoms with van der Waals surface area (Å²) in [5.41, 5.74) is 15.3. The minimum absolute atomic E-state index is 0.329. The average molecular weight is 389 g/mol. The molecular weight excluding hydrogens is 360 g/mol. The minimum atomic E-state index is 0.329. The van der Waals surface area contributed by atoms with Gasteiger partial charge in [0.25, 0.3) is 0 Å². The fraction of sp³-hybridized carbons (Fsp3) is 0.267. The first-order valence-electron chi connectivity index (χ1n) is 11.4. The number of allylic oxidation sites excluding steroid dienone is 9. The summed E-state index contributed by atoms with van der Waals surface area (Å²) in [7, 11) is 0. The van der Waals surface area contributed by atoms with Crippen molar-refractivity contribution in [2.75, 3.05) is 0 Å². The smallest absolute Gasteiger partial charge is 0.0308 e. The maximum Gasteiger partial charge on any atom is 0.0308 e. The fourth-order valence-electron chi connectivity index (χ4n) is 6.17. The van der Waals surface area contributed by atoms with E-state index in [0.717, 1.165) is 6.42 Å². The van der Waals surface area contributed by atoms with Crippen LogP contribution in [0.3, 0.4) is 0 Å². The third kappa shape index (κ3) is 2.67. The lowest BCUT2D eigenvalue weighted by atomic mass is 9.77. The van der Waals surface area contributed by atoms with Crippen LogP contribution in [0.2, 0.25) is 0 Å². The summed E-state index contributed by atoms with van der Waals surface area (Å²) in [6.45, 7) is 4.71. The van der Waals surface area contributed by atoms with E-state index < -0.39 is 0 Å². The largest absolute Gasteiger partial charge is 0.0726 e. The molecule has 0 radical (unpaired) electrons. The highest BCUT2D eigenvalue weighted by atomic mass is 14.4. The third-order valence-electron chi connectivity index (χ3n) is 7.47. The van der Waals surface area contributed by atoms with E-state index in [0.29, 0.717) is 11.8 Å². The van der Waals surface area contributed by atoms with Gasteiger partial charge in [0, 0.05) is 11.8 Å². The summed E-state index contributed by atoms with van der Waals surface area (Å²) in [5, 5.41) is 0. The second-order valence-electron chi connectivity index (χ2n) is 9.37. The molecule has 30 heavy (non-hydrogen) atoms. The van der Waals surface area contributed by atoms with Gasteiger partial charge in [0.15, 0.2) is 0 Å². The molecule has 4 aliphatic carbocycles. The molecule has 0 N–H and O–H groups in total. The summed E-state index contributed by atoms with van der Waals surface area (Å²) in [6.07, 6.45) is 16.6. The molecular formula is C30H28. The van der Waals surface area contributed by atoms with E-state index in [1.807, 2.05) is 0 Å². The molecule has 2 atom stereocenters. The van der Waals surface area contributed by atoms with Gasteiger partial charge in [-0.15, -0.1) is 0 Å². The molecule has 0 aromatic heterocycles. The molecule has 0 nitrogen and oxygen atoms in total. The molecule has 0 bridgehead atoms. The van der Waals surface area contributed by atoms with Gasteiger partial charge in [-0.05, 0) is 84.1 Å². The highest BCUT2D eigenvalue weighted by molar-refractivity contribution is 5.74. The minimum Gasteiger partial charge on any atom is -0.0726 e. The Morgan fingerprint density at radius 1 is 0.867 bits per heavy atom. The molecule has 0 spiro atoms. The normalized spacial score (nSPS) is 24.1. The van der Waals surface area contributed by atoms with Crippen molar-refractivity contribution in [2.45, 2.75) is 51.4 Å². The molecule has 0 fully saturated rings. The lowest BCUT2D eigenvalue weighted by Gasteiger charge is -2.26. The molecule has 0 saturated carbocycles. The van der Waals surface area contributed by atoms with Gasteiger partial charge in [0.1, 0.15) is 0 Å². The zero-order valence-electron chi connectivity index (χ0n) is 17.9. The number of rotatable bonds is 2. The van der Waals surface area contributed by atoms with Gasteiger partial charge in [-0.3, -0.25) is 0 Å². The standard InChI is InChI=1S/C30H28/c1-19-16-25-17-22-12-8-13-23(22)18-27(25)28(19)29-20(2)15-24-11-6-7-14-26(30(24)29)21-9-4-3-5-10-21/h3-7,9-11,14,16-18,26,28H,8,12-13,15H2,1-2H3. The van der Waals surface area contributed by atoms with E-state index in [2.05, 4.69) is 86.7 Å². The summed E-state index contributed by atoms with van der Waals surface area (Å²) in [5.74, 6) is 0.736. The Morgan fingerprint density at radius 2 is 1.67 bits per heavy atom. The van der Waals surface area contributed by atoms with E-state index in [1.165, 1.54) is 41.5 Å². The van der Waals surface area contributed by atoms with Gasteiger partial charge in [-0.1, -0.05) is 84.0 Å². The Kier molecular flexibility index (Phi) is 4.09. The molecule has 2 unspecified atom stereocenters. The van der Waals surface area contributed by atoms with Gasteiger partial charge in [0.2, 0.25) is 0 Å². The first kappa shape index (κ1) is 18.0. The Morgan fingerprint density at radius 3 is 2.50 bits per heavy atom. The number of fused-ring (bicyclic) bond motifs is 2. The van der Waals surface area contributed by atoms with Crippen LogP contribution in [0.4, 0.5) is 0 Å². The Hall–Kier alpha value is -2.86. The molecule has 0 aliphatic heterocycles. The molecule has 0 heterocycles. The predicted octanol–water partition coefficient (Wildman–Crippen LogP) is 7.60. The van der Waals surface area contributed by atoms with Crippen molar-refractivity contribution < 1.29 is 0 Å². The van der Waals surface area contributed by atoms with Crippen LogP contribution in [0, 0.1) is 0 Å². The number of aryl methyl sites for hydroxylation is 2. The summed E-state index contributed by atoms with van der Waals surface area (Å²) in [4.78, 5) is 0. The van der Waals surface area contributed by atoms with Crippen LogP contribution in [-0.2, 0) is 12.8 Å². The molecule has 0 heteroatoms. The first-order valence-corrected chi connectivity index (χ1v) is 11.4. The summed E-state index contributed by atoms with van der Waals surface area (Å²) >= 11 is 0. The van der Waals surface area contributed by atoms with Crippen molar-refractivity contribution in [3.8, 4) is 0 Å². The molecule has 0 saturated heterocycles. The SMILES string of the molecule is CC1=Cc2cc3c(cc2C1C1=C(C)CC2=C1C(c1ccccc1)C=CC=C2)CCC3. The maximum atomic E-state index is 2.55. The second kappa shape index (κ2) is 6.84. The Labute approximate surface area is 180 Å². The third-order valence-corrected chi connectivity index (χ3v) is 7.47. The van der Waals surface area contributed by atoms with E-state index in [9.17, 15) is 0 Å². The maximum absolute atomic E-state index is 2.55. The zero-order chi connectivity index (χ0) is 20.2. The van der Waals surface area contributed by atoms with Crippen LogP contribution in [0.25, 0.3) is 6.08 Å². The van der Waals surface area contributed by atoms with Gasteiger partial charge in [0.05, 0.1) is 0 Å². The Bertz CT molecular complexity index is 1190. The van der Waals surface area contributed by atoms with Crippen LogP contribution < -0.4 is 0 Å². The Balaban J connectivity index is 1.51. The van der Waals surface area contributed by atoms with Gasteiger partial charge < -0.3 is 0 Å². The van der Waals surface area contributed by atoms with E-state index in [1.54, 1.807) is 33.4 Å². The van der Waals surface area contributed by atoms with E-state index in [-0.39, 0.29) is 0 Å². The van der Waals surface area contributed by atoms with Crippen LogP contribution in [0.15, 0.2) is 94.6 Å². The van der Waals surface area contributed by atoms with Crippen molar-refractivity contribution in [1.29, 1.82) is 0 Å². The van der Waals surface area contributed by atoms with Crippen molar-refractivity contribution in [1.82, 2.24) is 0 Å². The van der Waals surface area contributed by atoms with Crippen LogP contribution in [-0.4, -0.2) is 0 Å². The number of hydrogen-bond acceptors (Lipinski definition) is 0. The molecule has 2 aromatic rings. The lowest BCUT2D eigenvalue weighted by molar-refractivity contribution is 0.888. The van der Waals surface area contributed by atoms with Crippen molar-refractivity contribution in [3.05, 3.63) is 122 Å². The van der Waals surface area contributed by atoms with Crippen molar-refractivity contribution in [3.63, 3.8) is 0 Å². The molecule has 4 aliphatic rings. The first-order chi connectivity index (χ1) is 14.7. The zero-order valence-corrected chi connectivity index (χ0v) is 17.9. The monoisotopic (exact) mass is 388 g/mol. The molecule has 2 aromatic carbocycles. The van der Waals surface area contributed by atoms with Crippen LogP contribution in [0.1, 0.15) is 66.3 Å². The van der Waals surface area contributed by atoms with E-state index in [4.69, 9.17) is 0 Å². The topological polar surface area (TPSA) is 0 Å². The fourth-order valence-corrected chi connectivity index (χ4v) is 6.17. The second-order valence-corrected chi connectivity index (χ2v) is 9.37. The number of benzene rings is 2. The highest BCUT2D eigenvalue weighted by Crippen LogP contribution is 2.53. The van der Waals surface area contributed by atoms with Crippen LogP contribution >= 0.6 is 0 Å². The molecule has 6 rings (SSSR count). The van der Waals surface area contributed by atoms with Crippen LogP contribution in [0.5, 0.6) is 0 Å². The van der Waals surface area contributed by atoms with Crippen molar-refractivity contribution >= 4 is 6.08 Å². The predicted molar refractivity (Wildman–Crippen MR) is 127 cm³/mol. The quantitative estimate of drug-likeness (QED) is 0.497.